The predicted octanol–water partition coefficient (Wildman–Crippen LogP) is -0.191. The van der Waals surface area contributed by atoms with E-state index in [0.29, 0.717) is 0 Å². The van der Waals surface area contributed by atoms with Crippen LogP contribution in [-0.4, -0.2) is 25.8 Å². The summed E-state index contributed by atoms with van der Waals surface area (Å²) >= 11 is 0. The van der Waals surface area contributed by atoms with Gasteiger partial charge >= 0.3 is 0 Å². The maximum atomic E-state index is 5.10. The molecule has 0 bridgehead atoms. The maximum absolute atomic E-state index is 5.10. The van der Waals surface area contributed by atoms with E-state index in [-0.39, 0.29) is 6.10 Å². The van der Waals surface area contributed by atoms with E-state index in [1.165, 1.54) is 0 Å². The first kappa shape index (κ1) is 5.06. The van der Waals surface area contributed by atoms with Crippen LogP contribution in [0.4, 0.5) is 0 Å². The standard InChI is InChI=1S/C5H10NO/c1-5-4-6-2-3-7-5/h5-6H,1-4H2/t5-/m1/s1. The molecule has 0 amide bonds. The molecular weight excluding hydrogens is 90.1 g/mol. The van der Waals surface area contributed by atoms with Gasteiger partial charge in [-0.2, -0.15) is 0 Å². The number of hydrogen-bond donors (Lipinski definition) is 1. The molecule has 1 atom stereocenters. The first-order valence-electron chi connectivity index (χ1n) is 2.55. The van der Waals surface area contributed by atoms with Crippen molar-refractivity contribution in [1.82, 2.24) is 5.32 Å². The van der Waals surface area contributed by atoms with Crippen LogP contribution in [0.3, 0.4) is 0 Å². The van der Waals surface area contributed by atoms with E-state index in [1.54, 1.807) is 0 Å². The fourth-order valence-electron chi connectivity index (χ4n) is 0.620. The number of ether oxygens (including phenoxy) is 1. The van der Waals surface area contributed by atoms with Gasteiger partial charge in [0.15, 0.2) is 0 Å². The van der Waals surface area contributed by atoms with Crippen LogP contribution >= 0.6 is 0 Å². The molecule has 7 heavy (non-hydrogen) atoms. The van der Waals surface area contributed by atoms with Gasteiger partial charge in [0.25, 0.3) is 0 Å². The second kappa shape index (κ2) is 2.28. The van der Waals surface area contributed by atoms with Crippen LogP contribution in [0.15, 0.2) is 0 Å². The Morgan fingerprint density at radius 1 is 1.71 bits per heavy atom. The van der Waals surface area contributed by atoms with Gasteiger partial charge < -0.3 is 10.1 Å². The Labute approximate surface area is 43.9 Å². The summed E-state index contributed by atoms with van der Waals surface area (Å²) < 4.78 is 5.10. The van der Waals surface area contributed by atoms with Crippen molar-refractivity contribution < 1.29 is 4.74 Å². The van der Waals surface area contributed by atoms with Crippen molar-refractivity contribution in [1.29, 1.82) is 0 Å². The summed E-state index contributed by atoms with van der Waals surface area (Å²) in [4.78, 5) is 0. The molecule has 0 saturated carbocycles. The van der Waals surface area contributed by atoms with E-state index >= 15 is 0 Å². The van der Waals surface area contributed by atoms with Gasteiger partial charge in [-0.15, -0.1) is 0 Å². The van der Waals surface area contributed by atoms with Crippen molar-refractivity contribution in [2.45, 2.75) is 6.10 Å². The zero-order chi connectivity index (χ0) is 5.11. The largest absolute Gasteiger partial charge is 0.376 e. The van der Waals surface area contributed by atoms with Gasteiger partial charge in [0.2, 0.25) is 0 Å². The third-order valence-corrected chi connectivity index (χ3v) is 1.00. The van der Waals surface area contributed by atoms with Gasteiger partial charge in [-0.3, -0.25) is 0 Å². The van der Waals surface area contributed by atoms with Crippen LogP contribution in [-0.2, 0) is 4.74 Å². The molecule has 1 fully saturated rings. The second-order valence-electron chi connectivity index (χ2n) is 1.70. The maximum Gasteiger partial charge on any atom is 0.0701 e. The lowest BCUT2D eigenvalue weighted by atomic mass is 10.3. The molecule has 0 aromatic rings. The Hall–Kier alpha value is -0.0800. The fraction of sp³-hybridized carbons (Fsp3) is 0.800. The van der Waals surface area contributed by atoms with Crippen LogP contribution in [0.5, 0.6) is 0 Å². The summed E-state index contributed by atoms with van der Waals surface area (Å²) in [6.07, 6.45) is 0.175. The molecule has 2 heteroatoms. The van der Waals surface area contributed by atoms with Gasteiger partial charge in [-0.05, 0) is 6.92 Å². The number of nitrogens with one attached hydrogen (secondary N) is 1. The highest BCUT2D eigenvalue weighted by atomic mass is 16.5. The van der Waals surface area contributed by atoms with Gasteiger partial charge in [-0.1, -0.05) is 0 Å². The van der Waals surface area contributed by atoms with Crippen LogP contribution in [0.25, 0.3) is 0 Å². The lowest BCUT2D eigenvalue weighted by Crippen LogP contribution is -2.36. The average Bonchev–Trinajstić information content (AvgIpc) is 1.69. The van der Waals surface area contributed by atoms with Crippen LogP contribution in [0.2, 0.25) is 0 Å². The van der Waals surface area contributed by atoms with E-state index in [2.05, 4.69) is 12.2 Å². The molecule has 2 nitrogen and oxygen atoms in total. The topological polar surface area (TPSA) is 21.3 Å². The second-order valence-corrected chi connectivity index (χ2v) is 1.70. The van der Waals surface area contributed by atoms with Crippen LogP contribution in [0, 0.1) is 6.92 Å². The predicted molar refractivity (Wildman–Crippen MR) is 28.0 cm³/mol. The Balaban J connectivity index is 2.12. The Morgan fingerprint density at radius 2 is 2.57 bits per heavy atom. The minimum absolute atomic E-state index is 0.175. The highest BCUT2D eigenvalue weighted by molar-refractivity contribution is 4.67. The molecule has 1 saturated heterocycles. The first-order chi connectivity index (χ1) is 3.39. The van der Waals surface area contributed by atoms with Gasteiger partial charge in [0.1, 0.15) is 0 Å². The third kappa shape index (κ3) is 1.45. The molecule has 0 unspecified atom stereocenters. The summed E-state index contributed by atoms with van der Waals surface area (Å²) in [5.74, 6) is 0. The third-order valence-electron chi connectivity index (χ3n) is 1.00. The molecule has 41 valence electrons. The first-order valence-corrected chi connectivity index (χ1v) is 2.55. The molecule has 1 aliphatic rings. The van der Waals surface area contributed by atoms with Crippen molar-refractivity contribution in [3.8, 4) is 0 Å². The van der Waals surface area contributed by atoms with Crippen molar-refractivity contribution >= 4 is 0 Å². The highest BCUT2D eigenvalue weighted by Gasteiger charge is 2.04. The fourth-order valence-corrected chi connectivity index (χ4v) is 0.620. The molecule has 0 aromatic carbocycles. The minimum Gasteiger partial charge on any atom is -0.376 e. The summed E-state index contributed by atoms with van der Waals surface area (Å²) in [7, 11) is 0. The van der Waals surface area contributed by atoms with E-state index < -0.39 is 0 Å². The van der Waals surface area contributed by atoms with Crippen molar-refractivity contribution in [3.05, 3.63) is 6.92 Å². The lowest BCUT2D eigenvalue weighted by molar-refractivity contribution is 0.0574. The molecule has 1 radical (unpaired) electrons. The number of morpholine rings is 1. The number of hydrogen-bond acceptors (Lipinski definition) is 2. The average molecular weight is 100 g/mol. The molecule has 0 aliphatic carbocycles. The molecule has 0 spiro atoms. The molecule has 1 aliphatic heterocycles. The molecule has 1 N–H and O–H groups in total. The smallest absolute Gasteiger partial charge is 0.0701 e. The SMILES string of the molecule is [CH2][C@@H]1CNCCO1. The van der Waals surface area contributed by atoms with Gasteiger partial charge in [0.05, 0.1) is 12.7 Å². The monoisotopic (exact) mass is 100 g/mol. The van der Waals surface area contributed by atoms with E-state index in [1.807, 2.05) is 0 Å². The van der Waals surface area contributed by atoms with Crippen molar-refractivity contribution in [2.75, 3.05) is 19.7 Å². The quantitative estimate of drug-likeness (QED) is 0.455. The van der Waals surface area contributed by atoms with Crippen LogP contribution in [0.1, 0.15) is 0 Å². The Bertz CT molecular complexity index is 50.0. The summed E-state index contributed by atoms with van der Waals surface area (Å²) in [6, 6.07) is 0. The summed E-state index contributed by atoms with van der Waals surface area (Å²) in [6.45, 7) is 6.41. The van der Waals surface area contributed by atoms with Crippen molar-refractivity contribution in [2.24, 2.45) is 0 Å². The molecule has 1 rings (SSSR count). The summed E-state index contributed by atoms with van der Waals surface area (Å²) in [5, 5.41) is 3.15. The zero-order valence-corrected chi connectivity index (χ0v) is 4.31. The van der Waals surface area contributed by atoms with E-state index in [0.717, 1.165) is 19.7 Å². The zero-order valence-electron chi connectivity index (χ0n) is 4.31. The van der Waals surface area contributed by atoms with Crippen molar-refractivity contribution in [3.63, 3.8) is 0 Å². The summed E-state index contributed by atoms with van der Waals surface area (Å²) in [5.41, 5.74) is 0. The Morgan fingerprint density at radius 3 is 2.86 bits per heavy atom. The molecule has 0 aromatic heterocycles. The Kier molecular flexibility index (Phi) is 1.65. The van der Waals surface area contributed by atoms with Crippen LogP contribution < -0.4 is 5.32 Å². The lowest BCUT2D eigenvalue weighted by Gasteiger charge is -2.18. The highest BCUT2D eigenvalue weighted by Crippen LogP contribution is 1.90. The normalized spacial score (nSPS) is 33.0. The minimum atomic E-state index is 0.175. The van der Waals surface area contributed by atoms with Gasteiger partial charge in [0, 0.05) is 13.1 Å². The van der Waals surface area contributed by atoms with E-state index in [9.17, 15) is 0 Å². The van der Waals surface area contributed by atoms with Gasteiger partial charge in [-0.25, -0.2) is 0 Å². The number of rotatable bonds is 0. The molecular formula is C5H10NO. The van der Waals surface area contributed by atoms with E-state index in [4.69, 9.17) is 4.74 Å². The molecule has 1 heterocycles.